The first-order valence-electron chi connectivity index (χ1n) is 4.89. The van der Waals surface area contributed by atoms with Crippen LogP contribution in [0.1, 0.15) is 37.3 Å². The van der Waals surface area contributed by atoms with Gasteiger partial charge in [-0.3, -0.25) is 0 Å². The molecular formula is C9H16N4. The van der Waals surface area contributed by atoms with Crippen molar-refractivity contribution < 1.29 is 0 Å². The molecular weight excluding hydrogens is 164 g/mol. The van der Waals surface area contributed by atoms with Crippen LogP contribution in [-0.2, 0) is 13.1 Å². The highest BCUT2D eigenvalue weighted by atomic mass is 15.4. The summed E-state index contributed by atoms with van der Waals surface area (Å²) in [5, 5.41) is 7.50. The predicted octanol–water partition coefficient (Wildman–Crippen LogP) is 0.895. The van der Waals surface area contributed by atoms with E-state index in [0.29, 0.717) is 5.92 Å². The Balaban J connectivity index is 2.25. The fourth-order valence-corrected chi connectivity index (χ4v) is 1.84. The van der Waals surface area contributed by atoms with Crippen LogP contribution in [0.15, 0.2) is 0 Å². The van der Waals surface area contributed by atoms with Crippen LogP contribution in [0, 0.1) is 0 Å². The lowest BCUT2D eigenvalue weighted by Crippen LogP contribution is -2.14. The Morgan fingerprint density at radius 3 is 3.15 bits per heavy atom. The van der Waals surface area contributed by atoms with Gasteiger partial charge in [0.05, 0.1) is 6.54 Å². The maximum absolute atomic E-state index is 4.51. The number of aryl methyl sites for hydroxylation is 1. The van der Waals surface area contributed by atoms with Crippen molar-refractivity contribution in [1.29, 1.82) is 0 Å². The molecule has 1 atom stereocenters. The van der Waals surface area contributed by atoms with Crippen molar-refractivity contribution in [1.82, 2.24) is 20.1 Å². The summed E-state index contributed by atoms with van der Waals surface area (Å²) in [7, 11) is 1.92. The molecule has 1 unspecified atom stereocenters. The van der Waals surface area contributed by atoms with Crippen LogP contribution in [0.3, 0.4) is 0 Å². The molecule has 13 heavy (non-hydrogen) atoms. The second kappa shape index (κ2) is 3.46. The molecule has 1 aliphatic rings. The Labute approximate surface area is 78.4 Å². The lowest BCUT2D eigenvalue weighted by atomic mass is 10.0. The Hall–Kier alpha value is -0.900. The third kappa shape index (κ3) is 1.58. The van der Waals surface area contributed by atoms with Gasteiger partial charge in [-0.1, -0.05) is 6.92 Å². The normalized spacial score (nSPS) is 21.5. The highest BCUT2D eigenvalue weighted by Gasteiger charge is 2.19. The van der Waals surface area contributed by atoms with Crippen molar-refractivity contribution in [3.8, 4) is 0 Å². The maximum atomic E-state index is 4.51. The number of nitrogens with zero attached hydrogens (tertiary/aromatic N) is 3. The van der Waals surface area contributed by atoms with Crippen LogP contribution in [0.2, 0.25) is 0 Å². The minimum atomic E-state index is 0.576. The molecule has 0 bridgehead atoms. The van der Waals surface area contributed by atoms with E-state index in [1.165, 1.54) is 12.8 Å². The fraction of sp³-hybridized carbons (Fsp3) is 0.778. The van der Waals surface area contributed by atoms with Crippen molar-refractivity contribution in [2.24, 2.45) is 0 Å². The minimum absolute atomic E-state index is 0.576. The number of nitrogens with one attached hydrogen (secondary N) is 1. The average Bonchev–Trinajstić information content (AvgIpc) is 2.49. The monoisotopic (exact) mass is 180 g/mol. The van der Waals surface area contributed by atoms with Gasteiger partial charge in [-0.05, 0) is 19.9 Å². The zero-order valence-corrected chi connectivity index (χ0v) is 8.25. The zero-order chi connectivity index (χ0) is 9.26. The van der Waals surface area contributed by atoms with E-state index in [0.717, 1.165) is 24.7 Å². The molecule has 0 saturated heterocycles. The number of fused-ring (bicyclic) bond motifs is 1. The third-order valence-corrected chi connectivity index (χ3v) is 2.53. The molecule has 0 amide bonds. The summed E-state index contributed by atoms with van der Waals surface area (Å²) in [5.74, 6) is 2.66. The Morgan fingerprint density at radius 1 is 1.62 bits per heavy atom. The first kappa shape index (κ1) is 8.69. The first-order chi connectivity index (χ1) is 6.31. The van der Waals surface area contributed by atoms with Crippen LogP contribution in [-0.4, -0.2) is 21.8 Å². The maximum Gasteiger partial charge on any atom is 0.164 e. The molecule has 0 fully saturated rings. The van der Waals surface area contributed by atoms with Gasteiger partial charge in [0, 0.05) is 12.5 Å². The van der Waals surface area contributed by atoms with E-state index >= 15 is 0 Å². The first-order valence-corrected chi connectivity index (χ1v) is 4.89. The fourth-order valence-electron chi connectivity index (χ4n) is 1.84. The molecule has 1 aromatic heterocycles. The largest absolute Gasteiger partial charge is 0.313 e. The van der Waals surface area contributed by atoms with Crippen molar-refractivity contribution >= 4 is 0 Å². The van der Waals surface area contributed by atoms with Gasteiger partial charge < -0.3 is 5.32 Å². The molecule has 4 nitrogen and oxygen atoms in total. The van der Waals surface area contributed by atoms with E-state index < -0.39 is 0 Å². The number of rotatable bonds is 2. The van der Waals surface area contributed by atoms with Crippen molar-refractivity contribution in [3.05, 3.63) is 11.6 Å². The van der Waals surface area contributed by atoms with Gasteiger partial charge >= 0.3 is 0 Å². The standard InChI is InChI=1S/C9H16N4/c1-7-4-3-5-13-9(7)11-8(12-13)6-10-2/h7,10H,3-6H2,1-2H3. The number of hydrogen-bond acceptors (Lipinski definition) is 3. The predicted molar refractivity (Wildman–Crippen MR) is 50.4 cm³/mol. The van der Waals surface area contributed by atoms with E-state index in [-0.39, 0.29) is 0 Å². The Bertz CT molecular complexity index is 292. The molecule has 2 heterocycles. The zero-order valence-electron chi connectivity index (χ0n) is 8.25. The average molecular weight is 180 g/mol. The van der Waals surface area contributed by atoms with Crippen LogP contribution < -0.4 is 5.32 Å². The number of aromatic nitrogens is 3. The van der Waals surface area contributed by atoms with Crippen molar-refractivity contribution in [2.45, 2.75) is 38.8 Å². The van der Waals surface area contributed by atoms with Crippen LogP contribution in [0.25, 0.3) is 0 Å². The molecule has 72 valence electrons. The van der Waals surface area contributed by atoms with Gasteiger partial charge in [0.15, 0.2) is 5.82 Å². The summed E-state index contributed by atoms with van der Waals surface area (Å²) in [5.41, 5.74) is 0. The molecule has 1 N–H and O–H groups in total. The Kier molecular flexibility index (Phi) is 2.31. The number of hydrogen-bond donors (Lipinski definition) is 1. The molecule has 0 radical (unpaired) electrons. The van der Waals surface area contributed by atoms with E-state index in [4.69, 9.17) is 0 Å². The second-order valence-electron chi connectivity index (χ2n) is 3.68. The highest BCUT2D eigenvalue weighted by molar-refractivity contribution is 5.01. The van der Waals surface area contributed by atoms with E-state index in [2.05, 4.69) is 27.0 Å². The minimum Gasteiger partial charge on any atom is -0.313 e. The Morgan fingerprint density at radius 2 is 2.46 bits per heavy atom. The van der Waals surface area contributed by atoms with Gasteiger partial charge in [0.2, 0.25) is 0 Å². The second-order valence-corrected chi connectivity index (χ2v) is 3.68. The summed E-state index contributed by atoms with van der Waals surface area (Å²) in [6.07, 6.45) is 2.48. The molecule has 0 aliphatic carbocycles. The lowest BCUT2D eigenvalue weighted by molar-refractivity contribution is 0.431. The van der Waals surface area contributed by atoms with E-state index in [1.54, 1.807) is 0 Å². The quantitative estimate of drug-likeness (QED) is 0.735. The van der Waals surface area contributed by atoms with Gasteiger partial charge in [-0.2, -0.15) is 5.10 Å². The summed E-state index contributed by atoms with van der Waals surface area (Å²) >= 11 is 0. The smallest absolute Gasteiger partial charge is 0.164 e. The SMILES string of the molecule is CNCc1nc2n(n1)CCCC2C. The van der Waals surface area contributed by atoms with Crippen LogP contribution in [0.5, 0.6) is 0 Å². The van der Waals surface area contributed by atoms with Crippen molar-refractivity contribution in [3.63, 3.8) is 0 Å². The van der Waals surface area contributed by atoms with Gasteiger partial charge in [0.25, 0.3) is 0 Å². The molecule has 0 saturated carbocycles. The lowest BCUT2D eigenvalue weighted by Gasteiger charge is -2.17. The van der Waals surface area contributed by atoms with Gasteiger partial charge in [-0.15, -0.1) is 0 Å². The van der Waals surface area contributed by atoms with E-state index in [1.807, 2.05) is 7.05 Å². The highest BCUT2D eigenvalue weighted by Crippen LogP contribution is 2.24. The van der Waals surface area contributed by atoms with Crippen LogP contribution >= 0.6 is 0 Å². The van der Waals surface area contributed by atoms with Gasteiger partial charge in [0.1, 0.15) is 5.82 Å². The summed E-state index contributed by atoms with van der Waals surface area (Å²) in [6.45, 7) is 4.03. The van der Waals surface area contributed by atoms with Gasteiger partial charge in [-0.25, -0.2) is 9.67 Å². The summed E-state index contributed by atoms with van der Waals surface area (Å²) < 4.78 is 2.06. The third-order valence-electron chi connectivity index (χ3n) is 2.53. The summed E-state index contributed by atoms with van der Waals surface area (Å²) in [6, 6.07) is 0. The molecule has 2 rings (SSSR count). The molecule has 0 aromatic carbocycles. The summed E-state index contributed by atoms with van der Waals surface area (Å²) in [4.78, 5) is 4.51. The van der Waals surface area contributed by atoms with E-state index in [9.17, 15) is 0 Å². The molecule has 1 aromatic rings. The van der Waals surface area contributed by atoms with Crippen LogP contribution in [0.4, 0.5) is 0 Å². The van der Waals surface area contributed by atoms with Crippen molar-refractivity contribution in [2.75, 3.05) is 7.05 Å². The molecule has 0 spiro atoms. The topological polar surface area (TPSA) is 42.7 Å². The molecule has 4 heteroatoms. The molecule has 1 aliphatic heterocycles.